The van der Waals surface area contributed by atoms with Gasteiger partial charge in [0.25, 0.3) is 0 Å². The molecule has 0 bridgehead atoms. The van der Waals surface area contributed by atoms with Crippen molar-refractivity contribution in [1.82, 2.24) is 4.90 Å². The van der Waals surface area contributed by atoms with Crippen LogP contribution >= 0.6 is 0 Å². The van der Waals surface area contributed by atoms with Crippen LogP contribution in [0.5, 0.6) is 0 Å². The summed E-state index contributed by atoms with van der Waals surface area (Å²) in [6.07, 6.45) is 0.922. The number of carbonyl (C=O) groups excluding carboxylic acids is 3. The number of hydrogen-bond donors (Lipinski definition) is 0. The van der Waals surface area contributed by atoms with Crippen LogP contribution in [0.2, 0.25) is 0 Å². The lowest BCUT2D eigenvalue weighted by atomic mass is 9.85. The number of ketones is 1. The smallest absolute Gasteiger partial charge is 0.410 e. The largest absolute Gasteiger partial charge is 0.468 e. The molecule has 2 fully saturated rings. The van der Waals surface area contributed by atoms with E-state index in [1.165, 1.54) is 12.0 Å². The van der Waals surface area contributed by atoms with Gasteiger partial charge in [0.1, 0.15) is 12.5 Å². The van der Waals surface area contributed by atoms with Gasteiger partial charge in [0.2, 0.25) is 0 Å². The van der Waals surface area contributed by atoms with Crippen molar-refractivity contribution in [3.05, 3.63) is 35.9 Å². The van der Waals surface area contributed by atoms with Gasteiger partial charge in [-0.15, -0.1) is 0 Å². The van der Waals surface area contributed by atoms with Crippen LogP contribution in [0.1, 0.15) is 18.4 Å². The first-order valence-electron chi connectivity index (χ1n) is 7.63. The van der Waals surface area contributed by atoms with Crippen molar-refractivity contribution < 1.29 is 23.9 Å². The number of rotatable bonds is 3. The van der Waals surface area contributed by atoms with Crippen LogP contribution < -0.4 is 0 Å². The fraction of sp³-hybridized carbons (Fsp3) is 0.471. The summed E-state index contributed by atoms with van der Waals surface area (Å²) in [5.74, 6) is -1.58. The van der Waals surface area contributed by atoms with Gasteiger partial charge in [0, 0.05) is 18.5 Å². The minimum absolute atomic E-state index is 0.0287. The van der Waals surface area contributed by atoms with Crippen molar-refractivity contribution in [2.24, 2.45) is 11.3 Å². The molecule has 122 valence electrons. The van der Waals surface area contributed by atoms with E-state index in [2.05, 4.69) is 0 Å². The molecule has 1 aromatic rings. The number of esters is 1. The van der Waals surface area contributed by atoms with Crippen LogP contribution in [0.3, 0.4) is 0 Å². The van der Waals surface area contributed by atoms with Crippen LogP contribution in [-0.2, 0) is 25.7 Å². The van der Waals surface area contributed by atoms with Crippen LogP contribution in [0, 0.1) is 11.3 Å². The van der Waals surface area contributed by atoms with Gasteiger partial charge >= 0.3 is 12.1 Å². The molecule has 1 aromatic carbocycles. The topological polar surface area (TPSA) is 72.9 Å². The number of methoxy groups -OCH3 is 1. The monoisotopic (exact) mass is 317 g/mol. The van der Waals surface area contributed by atoms with E-state index in [-0.39, 0.29) is 18.9 Å². The number of carbonyl (C=O) groups is 3. The Kier molecular flexibility index (Phi) is 4.07. The second-order valence-electron chi connectivity index (χ2n) is 6.14. The molecule has 1 amide bonds. The summed E-state index contributed by atoms with van der Waals surface area (Å²) in [6, 6.07) is 9.36. The summed E-state index contributed by atoms with van der Waals surface area (Å²) in [6.45, 7) is 0.522. The third kappa shape index (κ3) is 3.06. The highest BCUT2D eigenvalue weighted by atomic mass is 16.6. The van der Waals surface area contributed by atoms with Gasteiger partial charge in [-0.2, -0.15) is 0 Å². The van der Waals surface area contributed by atoms with Crippen molar-refractivity contribution in [2.75, 3.05) is 20.2 Å². The van der Waals surface area contributed by atoms with E-state index in [0.717, 1.165) is 5.56 Å². The van der Waals surface area contributed by atoms with Gasteiger partial charge in [-0.1, -0.05) is 30.3 Å². The highest BCUT2D eigenvalue weighted by Gasteiger charge is 2.58. The van der Waals surface area contributed by atoms with E-state index in [0.29, 0.717) is 19.4 Å². The summed E-state index contributed by atoms with van der Waals surface area (Å²) in [5, 5.41) is 0. The van der Waals surface area contributed by atoms with E-state index < -0.39 is 23.4 Å². The molecular weight excluding hydrogens is 298 g/mol. The van der Waals surface area contributed by atoms with Gasteiger partial charge in [-0.25, -0.2) is 4.79 Å². The standard InChI is InChI=1S/C17H19NO5/c1-22-15(20)13-9-18(11-17(7-8-17)14(13)19)16(21)23-10-12-5-3-2-4-6-12/h2-6,13H,7-11H2,1H3. The first kappa shape index (κ1) is 15.5. The maximum Gasteiger partial charge on any atom is 0.410 e. The lowest BCUT2D eigenvalue weighted by molar-refractivity contribution is -0.154. The maximum atomic E-state index is 12.4. The van der Waals surface area contributed by atoms with Gasteiger partial charge in [-0.3, -0.25) is 9.59 Å². The summed E-state index contributed by atoms with van der Waals surface area (Å²) in [4.78, 5) is 37.9. The van der Waals surface area contributed by atoms with Gasteiger partial charge < -0.3 is 14.4 Å². The van der Waals surface area contributed by atoms with Crippen molar-refractivity contribution in [1.29, 1.82) is 0 Å². The zero-order chi connectivity index (χ0) is 16.4. The number of ether oxygens (including phenoxy) is 2. The molecule has 2 aliphatic rings. The number of amides is 1. The Labute approximate surface area is 134 Å². The fourth-order valence-electron chi connectivity index (χ4n) is 3.01. The van der Waals surface area contributed by atoms with E-state index in [1.807, 2.05) is 30.3 Å². The SMILES string of the molecule is COC(=O)C1CN(C(=O)OCc2ccccc2)CC2(CC2)C1=O. The number of benzene rings is 1. The predicted octanol–water partition coefficient (Wildman–Crippen LogP) is 1.78. The van der Waals surface area contributed by atoms with Crippen LogP contribution in [0.4, 0.5) is 4.79 Å². The number of nitrogens with zero attached hydrogens (tertiary/aromatic N) is 1. The highest BCUT2D eigenvalue weighted by Crippen LogP contribution is 2.51. The molecule has 3 rings (SSSR count). The zero-order valence-electron chi connectivity index (χ0n) is 13.0. The molecule has 0 aromatic heterocycles. The number of Topliss-reactive ketones (excluding diaryl/α,β-unsaturated/α-hetero) is 1. The van der Waals surface area contributed by atoms with E-state index in [9.17, 15) is 14.4 Å². The Morgan fingerprint density at radius 3 is 2.57 bits per heavy atom. The van der Waals surface area contributed by atoms with Crippen LogP contribution in [-0.4, -0.2) is 42.9 Å². The Hall–Kier alpha value is -2.37. The van der Waals surface area contributed by atoms with Crippen LogP contribution in [0.15, 0.2) is 30.3 Å². The van der Waals surface area contributed by atoms with Gasteiger partial charge in [0.05, 0.1) is 7.11 Å². The van der Waals surface area contributed by atoms with Crippen molar-refractivity contribution in [3.63, 3.8) is 0 Å². The molecule has 1 spiro atoms. The van der Waals surface area contributed by atoms with E-state index >= 15 is 0 Å². The summed E-state index contributed by atoms with van der Waals surface area (Å²) in [5.41, 5.74) is 0.322. The number of hydrogen-bond acceptors (Lipinski definition) is 5. The second-order valence-corrected chi connectivity index (χ2v) is 6.14. The molecule has 23 heavy (non-hydrogen) atoms. The molecule has 1 atom stereocenters. The van der Waals surface area contributed by atoms with Gasteiger partial charge in [0.15, 0.2) is 5.78 Å². The van der Waals surface area contributed by atoms with Crippen molar-refractivity contribution in [2.45, 2.75) is 19.4 Å². The molecule has 1 aliphatic heterocycles. The number of piperidine rings is 1. The Balaban J connectivity index is 1.66. The molecule has 6 heteroatoms. The lowest BCUT2D eigenvalue weighted by Crippen LogP contribution is -2.53. The zero-order valence-corrected chi connectivity index (χ0v) is 13.0. The fourth-order valence-corrected chi connectivity index (χ4v) is 3.01. The second kappa shape index (κ2) is 6.02. The normalized spacial score (nSPS) is 21.9. The predicted molar refractivity (Wildman–Crippen MR) is 80.4 cm³/mol. The Morgan fingerprint density at radius 1 is 1.26 bits per heavy atom. The summed E-state index contributed by atoms with van der Waals surface area (Å²) >= 11 is 0. The third-order valence-electron chi connectivity index (χ3n) is 4.54. The third-order valence-corrected chi connectivity index (χ3v) is 4.54. The average Bonchev–Trinajstić information content (AvgIpc) is 3.35. The van der Waals surface area contributed by atoms with E-state index in [4.69, 9.17) is 9.47 Å². The van der Waals surface area contributed by atoms with Crippen molar-refractivity contribution in [3.8, 4) is 0 Å². The first-order chi connectivity index (χ1) is 11.1. The molecular formula is C17H19NO5. The lowest BCUT2D eigenvalue weighted by Gasteiger charge is -2.35. The number of likely N-dealkylation sites (tertiary alicyclic amines) is 1. The Morgan fingerprint density at radius 2 is 1.96 bits per heavy atom. The quantitative estimate of drug-likeness (QED) is 0.627. The molecule has 1 aliphatic carbocycles. The molecule has 1 heterocycles. The summed E-state index contributed by atoms with van der Waals surface area (Å²) < 4.78 is 10.0. The molecule has 1 saturated carbocycles. The minimum atomic E-state index is -0.902. The van der Waals surface area contributed by atoms with Gasteiger partial charge in [-0.05, 0) is 18.4 Å². The molecule has 6 nitrogen and oxygen atoms in total. The molecule has 1 saturated heterocycles. The average molecular weight is 317 g/mol. The first-order valence-corrected chi connectivity index (χ1v) is 7.63. The maximum absolute atomic E-state index is 12.4. The molecule has 0 N–H and O–H groups in total. The molecule has 0 radical (unpaired) electrons. The van der Waals surface area contributed by atoms with E-state index in [1.54, 1.807) is 0 Å². The van der Waals surface area contributed by atoms with Crippen molar-refractivity contribution >= 4 is 17.8 Å². The Bertz CT molecular complexity index is 623. The summed E-state index contributed by atoms with van der Waals surface area (Å²) in [7, 11) is 1.25. The molecule has 1 unspecified atom stereocenters. The highest BCUT2D eigenvalue weighted by molar-refractivity contribution is 6.04. The minimum Gasteiger partial charge on any atom is -0.468 e. The van der Waals surface area contributed by atoms with Crippen LogP contribution in [0.25, 0.3) is 0 Å².